The molecule has 2 saturated heterocycles. The number of aryl methyl sites for hydroxylation is 1. The molecule has 2 aliphatic rings. The predicted molar refractivity (Wildman–Crippen MR) is 110 cm³/mol. The third kappa shape index (κ3) is 2.82. The minimum absolute atomic E-state index is 0.224. The predicted octanol–water partition coefficient (Wildman–Crippen LogP) is 4.05. The standard InChI is InChI=1S/C24H20N2O3/c1-16-9-8-14-19(15-16)25-23(27)20-21(17-10-4-2-5-11-17)26(29-22(20)24(25)28)18-12-6-3-7-13-18/h2-15,20-22H,1H3. The van der Waals surface area contributed by atoms with Crippen LogP contribution in [0.1, 0.15) is 17.2 Å². The van der Waals surface area contributed by atoms with Crippen LogP contribution >= 0.6 is 0 Å². The third-order valence-corrected chi connectivity index (χ3v) is 5.53. The molecular formula is C24H20N2O3. The monoisotopic (exact) mass is 384 g/mol. The molecule has 2 aliphatic heterocycles. The number of hydrogen-bond acceptors (Lipinski definition) is 4. The number of rotatable bonds is 3. The van der Waals surface area contributed by atoms with Crippen molar-refractivity contribution in [1.82, 2.24) is 0 Å². The second-order valence-corrected chi connectivity index (χ2v) is 7.42. The first-order valence-corrected chi connectivity index (χ1v) is 9.65. The number of benzene rings is 3. The highest BCUT2D eigenvalue weighted by atomic mass is 16.7. The van der Waals surface area contributed by atoms with Crippen molar-refractivity contribution in [1.29, 1.82) is 0 Å². The Hall–Kier alpha value is -3.44. The highest BCUT2D eigenvalue weighted by molar-refractivity contribution is 6.23. The number of hydroxylamine groups is 1. The molecule has 3 atom stereocenters. The molecule has 2 amide bonds. The molecule has 0 saturated carbocycles. The van der Waals surface area contributed by atoms with Crippen molar-refractivity contribution in [3.8, 4) is 0 Å². The number of imide groups is 1. The lowest BCUT2D eigenvalue weighted by atomic mass is 9.90. The summed E-state index contributed by atoms with van der Waals surface area (Å²) in [7, 11) is 0. The van der Waals surface area contributed by atoms with E-state index in [0.29, 0.717) is 5.69 Å². The van der Waals surface area contributed by atoms with E-state index >= 15 is 0 Å². The molecule has 3 aromatic rings. The van der Waals surface area contributed by atoms with Gasteiger partial charge in [-0.05, 0) is 42.3 Å². The number of hydrogen-bond donors (Lipinski definition) is 0. The normalized spacial score (nSPS) is 23.6. The first-order chi connectivity index (χ1) is 14.1. The van der Waals surface area contributed by atoms with E-state index in [1.165, 1.54) is 4.90 Å². The largest absolute Gasteiger partial charge is 0.273 e. The summed E-state index contributed by atoms with van der Waals surface area (Å²) in [5, 5.41) is 1.72. The van der Waals surface area contributed by atoms with E-state index in [1.807, 2.05) is 85.8 Å². The smallest absolute Gasteiger partial charge is 0.266 e. The van der Waals surface area contributed by atoms with Gasteiger partial charge in [-0.15, -0.1) is 0 Å². The first kappa shape index (κ1) is 17.6. The van der Waals surface area contributed by atoms with E-state index in [0.717, 1.165) is 16.8 Å². The van der Waals surface area contributed by atoms with Crippen molar-refractivity contribution in [3.05, 3.63) is 96.1 Å². The van der Waals surface area contributed by atoms with Gasteiger partial charge in [-0.25, -0.2) is 9.96 Å². The van der Waals surface area contributed by atoms with Gasteiger partial charge in [0.05, 0.1) is 17.4 Å². The van der Waals surface area contributed by atoms with Gasteiger partial charge in [-0.2, -0.15) is 0 Å². The Bertz CT molecular complexity index is 1070. The van der Waals surface area contributed by atoms with Gasteiger partial charge in [-0.3, -0.25) is 14.4 Å². The van der Waals surface area contributed by atoms with Crippen LogP contribution in [0, 0.1) is 12.8 Å². The Balaban J connectivity index is 1.59. The van der Waals surface area contributed by atoms with Gasteiger partial charge in [0, 0.05) is 0 Å². The fraction of sp³-hybridized carbons (Fsp3) is 0.167. The van der Waals surface area contributed by atoms with Crippen LogP contribution in [0.4, 0.5) is 11.4 Å². The molecule has 3 unspecified atom stereocenters. The number of carbonyl (C=O) groups is 2. The van der Waals surface area contributed by atoms with Crippen LogP contribution in [0.25, 0.3) is 0 Å². The fourth-order valence-electron chi connectivity index (χ4n) is 4.22. The Morgan fingerprint density at radius 1 is 0.759 bits per heavy atom. The summed E-state index contributed by atoms with van der Waals surface area (Å²) in [6.07, 6.45) is -0.839. The maximum absolute atomic E-state index is 13.5. The van der Waals surface area contributed by atoms with Crippen LogP contribution in [0.3, 0.4) is 0 Å². The van der Waals surface area contributed by atoms with Crippen LogP contribution in [-0.2, 0) is 14.4 Å². The number of carbonyl (C=O) groups excluding carboxylic acids is 2. The van der Waals surface area contributed by atoms with Crippen molar-refractivity contribution in [2.45, 2.75) is 19.1 Å². The molecule has 5 rings (SSSR count). The van der Waals surface area contributed by atoms with E-state index in [2.05, 4.69) is 0 Å². The summed E-state index contributed by atoms with van der Waals surface area (Å²) in [6, 6.07) is 26.4. The molecular weight excluding hydrogens is 364 g/mol. The summed E-state index contributed by atoms with van der Waals surface area (Å²) < 4.78 is 0. The Morgan fingerprint density at radius 3 is 2.10 bits per heavy atom. The van der Waals surface area contributed by atoms with E-state index in [1.54, 1.807) is 11.1 Å². The lowest BCUT2D eigenvalue weighted by Crippen LogP contribution is -2.37. The lowest BCUT2D eigenvalue weighted by Gasteiger charge is -2.28. The molecule has 3 aromatic carbocycles. The van der Waals surface area contributed by atoms with E-state index < -0.39 is 12.0 Å². The van der Waals surface area contributed by atoms with E-state index in [-0.39, 0.29) is 17.9 Å². The van der Waals surface area contributed by atoms with Gasteiger partial charge in [-0.1, -0.05) is 60.7 Å². The van der Waals surface area contributed by atoms with Crippen LogP contribution in [0.15, 0.2) is 84.9 Å². The van der Waals surface area contributed by atoms with Crippen molar-refractivity contribution >= 4 is 23.2 Å². The number of amides is 2. The molecule has 0 radical (unpaired) electrons. The Kier molecular flexibility index (Phi) is 4.18. The Morgan fingerprint density at radius 2 is 1.41 bits per heavy atom. The molecule has 2 fully saturated rings. The molecule has 0 bridgehead atoms. The molecule has 5 heteroatoms. The number of fused-ring (bicyclic) bond motifs is 1. The molecule has 0 aliphatic carbocycles. The van der Waals surface area contributed by atoms with Gasteiger partial charge < -0.3 is 0 Å². The lowest BCUT2D eigenvalue weighted by molar-refractivity contribution is -0.126. The third-order valence-electron chi connectivity index (χ3n) is 5.53. The van der Waals surface area contributed by atoms with Gasteiger partial charge in [0.25, 0.3) is 5.91 Å². The molecule has 5 nitrogen and oxygen atoms in total. The van der Waals surface area contributed by atoms with Crippen molar-refractivity contribution in [2.24, 2.45) is 5.92 Å². The second-order valence-electron chi connectivity index (χ2n) is 7.42. The summed E-state index contributed by atoms with van der Waals surface area (Å²) in [6.45, 7) is 1.94. The van der Waals surface area contributed by atoms with Crippen LogP contribution < -0.4 is 9.96 Å². The topological polar surface area (TPSA) is 49.9 Å². The van der Waals surface area contributed by atoms with Gasteiger partial charge in [0.2, 0.25) is 5.91 Å². The summed E-state index contributed by atoms with van der Waals surface area (Å²) in [5.41, 5.74) is 3.34. The van der Waals surface area contributed by atoms with E-state index in [9.17, 15) is 9.59 Å². The Labute approximate surface area is 169 Å². The maximum atomic E-state index is 13.5. The van der Waals surface area contributed by atoms with Crippen LogP contribution in [0.5, 0.6) is 0 Å². The second kappa shape index (κ2) is 6.87. The van der Waals surface area contributed by atoms with Crippen molar-refractivity contribution < 1.29 is 14.4 Å². The molecule has 144 valence electrons. The van der Waals surface area contributed by atoms with Gasteiger partial charge in [0.15, 0.2) is 6.10 Å². The quantitative estimate of drug-likeness (QED) is 0.640. The molecule has 2 heterocycles. The fourth-order valence-corrected chi connectivity index (χ4v) is 4.22. The molecule has 0 spiro atoms. The van der Waals surface area contributed by atoms with E-state index in [4.69, 9.17) is 4.84 Å². The number of para-hydroxylation sites is 1. The van der Waals surface area contributed by atoms with Gasteiger partial charge in [0.1, 0.15) is 5.92 Å². The summed E-state index contributed by atoms with van der Waals surface area (Å²) in [4.78, 5) is 34.1. The van der Waals surface area contributed by atoms with Crippen molar-refractivity contribution in [3.63, 3.8) is 0 Å². The number of anilines is 2. The molecule has 0 N–H and O–H groups in total. The van der Waals surface area contributed by atoms with Gasteiger partial charge >= 0.3 is 0 Å². The highest BCUT2D eigenvalue weighted by Crippen LogP contribution is 2.47. The zero-order chi connectivity index (χ0) is 20.0. The minimum Gasteiger partial charge on any atom is -0.273 e. The zero-order valence-electron chi connectivity index (χ0n) is 15.9. The zero-order valence-corrected chi connectivity index (χ0v) is 15.9. The average molecular weight is 384 g/mol. The molecule has 0 aromatic heterocycles. The SMILES string of the molecule is Cc1cccc(N2C(=O)C3ON(c4ccccc4)C(c4ccccc4)C3C2=O)c1. The minimum atomic E-state index is -0.839. The summed E-state index contributed by atoms with van der Waals surface area (Å²) in [5.74, 6) is -1.14. The van der Waals surface area contributed by atoms with Crippen LogP contribution in [-0.4, -0.2) is 17.9 Å². The highest BCUT2D eigenvalue weighted by Gasteiger charge is 2.60. The molecule has 29 heavy (non-hydrogen) atoms. The summed E-state index contributed by atoms with van der Waals surface area (Å²) >= 11 is 0. The van der Waals surface area contributed by atoms with Crippen molar-refractivity contribution in [2.75, 3.05) is 9.96 Å². The average Bonchev–Trinajstić information content (AvgIpc) is 3.26. The first-order valence-electron chi connectivity index (χ1n) is 9.65. The maximum Gasteiger partial charge on any atom is 0.266 e. The number of nitrogens with zero attached hydrogens (tertiary/aromatic N) is 2. The van der Waals surface area contributed by atoms with Crippen LogP contribution in [0.2, 0.25) is 0 Å².